The molecule has 23 heavy (non-hydrogen) atoms. The van der Waals surface area contributed by atoms with Crippen LogP contribution in [0.2, 0.25) is 0 Å². The predicted octanol–water partition coefficient (Wildman–Crippen LogP) is 3.42. The topological polar surface area (TPSA) is 30.9 Å². The highest BCUT2D eigenvalue weighted by atomic mass is 127. The fourth-order valence-corrected chi connectivity index (χ4v) is 3.73. The molecule has 2 heterocycles. The first-order chi connectivity index (χ1) is 10.7. The van der Waals surface area contributed by atoms with Crippen LogP contribution >= 0.6 is 24.0 Å². The third kappa shape index (κ3) is 7.16. The largest absolute Gasteiger partial charge is 0.357 e. The maximum absolute atomic E-state index is 4.98. The fourth-order valence-electron chi connectivity index (χ4n) is 3.73. The van der Waals surface area contributed by atoms with Gasteiger partial charge in [0.15, 0.2) is 5.96 Å². The molecule has 0 saturated carbocycles. The van der Waals surface area contributed by atoms with Crippen LogP contribution < -0.4 is 5.32 Å². The molecule has 2 saturated heterocycles. The van der Waals surface area contributed by atoms with E-state index >= 15 is 0 Å². The van der Waals surface area contributed by atoms with Crippen molar-refractivity contribution in [1.29, 1.82) is 0 Å². The van der Waals surface area contributed by atoms with Crippen molar-refractivity contribution in [2.45, 2.75) is 52.9 Å². The molecule has 0 bridgehead atoms. The van der Waals surface area contributed by atoms with Gasteiger partial charge in [-0.15, -0.1) is 24.0 Å². The molecule has 5 heteroatoms. The highest BCUT2D eigenvalue weighted by Gasteiger charge is 2.21. The monoisotopic (exact) mass is 436 g/mol. The number of hydrogen-bond acceptors (Lipinski definition) is 2. The second kappa shape index (κ2) is 11.5. The summed E-state index contributed by atoms with van der Waals surface area (Å²) in [6, 6.07) is 0. The van der Waals surface area contributed by atoms with Crippen LogP contribution in [0.15, 0.2) is 4.99 Å². The molecule has 0 spiro atoms. The van der Waals surface area contributed by atoms with E-state index in [1.165, 1.54) is 64.8 Å². The molecule has 2 rings (SSSR count). The van der Waals surface area contributed by atoms with Crippen LogP contribution in [0.4, 0.5) is 0 Å². The summed E-state index contributed by atoms with van der Waals surface area (Å²) < 4.78 is 0. The van der Waals surface area contributed by atoms with Crippen LogP contribution in [0.1, 0.15) is 52.9 Å². The summed E-state index contributed by atoms with van der Waals surface area (Å²) in [4.78, 5) is 10.1. The van der Waals surface area contributed by atoms with Gasteiger partial charge in [-0.05, 0) is 70.5 Å². The van der Waals surface area contributed by atoms with E-state index in [0.717, 1.165) is 30.9 Å². The van der Waals surface area contributed by atoms with Gasteiger partial charge in [0.05, 0.1) is 0 Å². The molecule has 0 aromatic rings. The van der Waals surface area contributed by atoms with E-state index < -0.39 is 0 Å². The number of nitrogens with zero attached hydrogens (tertiary/aromatic N) is 3. The van der Waals surface area contributed by atoms with Crippen molar-refractivity contribution in [1.82, 2.24) is 15.1 Å². The minimum Gasteiger partial charge on any atom is -0.357 e. The van der Waals surface area contributed by atoms with E-state index in [1.807, 2.05) is 0 Å². The van der Waals surface area contributed by atoms with Gasteiger partial charge in [-0.3, -0.25) is 4.99 Å². The Morgan fingerprint density at radius 3 is 2.48 bits per heavy atom. The molecule has 0 amide bonds. The second-order valence-electron chi connectivity index (χ2n) is 7.17. The predicted molar refractivity (Wildman–Crippen MR) is 111 cm³/mol. The maximum atomic E-state index is 4.98. The van der Waals surface area contributed by atoms with Crippen LogP contribution in [0, 0.1) is 11.8 Å². The number of aliphatic imine (C=N–C) groups is 1. The summed E-state index contributed by atoms with van der Waals surface area (Å²) in [5.74, 6) is 2.74. The number of guanidine groups is 1. The zero-order chi connectivity index (χ0) is 15.8. The number of nitrogens with one attached hydrogen (secondary N) is 1. The molecular weight excluding hydrogens is 399 g/mol. The van der Waals surface area contributed by atoms with E-state index in [9.17, 15) is 0 Å². The Morgan fingerprint density at radius 2 is 1.87 bits per heavy atom. The molecule has 0 aromatic heterocycles. The number of likely N-dealkylation sites (tertiary alicyclic amines) is 2. The van der Waals surface area contributed by atoms with Gasteiger partial charge in [-0.25, -0.2) is 0 Å². The lowest BCUT2D eigenvalue weighted by Gasteiger charge is -2.34. The average molecular weight is 436 g/mol. The van der Waals surface area contributed by atoms with Gasteiger partial charge in [-0.1, -0.05) is 13.8 Å². The molecule has 4 nitrogen and oxygen atoms in total. The first-order valence-corrected chi connectivity index (χ1v) is 9.48. The van der Waals surface area contributed by atoms with Gasteiger partial charge in [0.2, 0.25) is 0 Å². The molecule has 2 aliphatic heterocycles. The van der Waals surface area contributed by atoms with Crippen LogP contribution in [-0.4, -0.2) is 61.6 Å². The molecule has 1 N–H and O–H groups in total. The Hall–Kier alpha value is -0.0400. The first-order valence-electron chi connectivity index (χ1n) is 9.48. The van der Waals surface area contributed by atoms with E-state index in [0.29, 0.717) is 0 Å². The third-order valence-corrected chi connectivity index (χ3v) is 5.04. The summed E-state index contributed by atoms with van der Waals surface area (Å²) >= 11 is 0. The van der Waals surface area contributed by atoms with Crippen molar-refractivity contribution in [3.63, 3.8) is 0 Å². The van der Waals surface area contributed by atoms with Crippen molar-refractivity contribution in [2.75, 3.05) is 45.8 Å². The maximum Gasteiger partial charge on any atom is 0.193 e. The molecule has 0 radical (unpaired) electrons. The van der Waals surface area contributed by atoms with Crippen molar-refractivity contribution in [3.8, 4) is 0 Å². The summed E-state index contributed by atoms with van der Waals surface area (Å²) in [7, 11) is 0. The summed E-state index contributed by atoms with van der Waals surface area (Å²) in [6.07, 6.45) is 6.59. The van der Waals surface area contributed by atoms with Crippen molar-refractivity contribution < 1.29 is 0 Å². The highest BCUT2D eigenvalue weighted by molar-refractivity contribution is 14.0. The number of halogens is 1. The number of hydrogen-bond donors (Lipinski definition) is 1. The van der Waals surface area contributed by atoms with Crippen molar-refractivity contribution in [3.05, 3.63) is 0 Å². The van der Waals surface area contributed by atoms with E-state index in [-0.39, 0.29) is 24.0 Å². The standard InChI is InChI=1S/C18H36N4.HI/c1-4-10-21-12-8-17(9-13-21)14-20-18(19-5-2)22-11-6-7-16(3)15-22;/h16-17H,4-15H2,1-3H3,(H,19,20);1H. The second-order valence-corrected chi connectivity index (χ2v) is 7.17. The van der Waals surface area contributed by atoms with Crippen LogP contribution in [0.3, 0.4) is 0 Å². The molecule has 0 aliphatic carbocycles. The lowest BCUT2D eigenvalue weighted by molar-refractivity contribution is 0.187. The van der Waals surface area contributed by atoms with Gasteiger partial charge in [-0.2, -0.15) is 0 Å². The molecule has 0 aromatic carbocycles. The Kier molecular flexibility index (Phi) is 10.5. The Balaban J connectivity index is 0.00000264. The summed E-state index contributed by atoms with van der Waals surface area (Å²) in [5.41, 5.74) is 0. The molecule has 2 fully saturated rings. The molecule has 136 valence electrons. The number of piperidine rings is 2. The minimum absolute atomic E-state index is 0. The van der Waals surface area contributed by atoms with Crippen molar-refractivity contribution in [2.24, 2.45) is 16.8 Å². The van der Waals surface area contributed by atoms with E-state index in [4.69, 9.17) is 4.99 Å². The average Bonchev–Trinajstić information content (AvgIpc) is 2.53. The van der Waals surface area contributed by atoms with Gasteiger partial charge >= 0.3 is 0 Å². The Labute approximate surface area is 160 Å². The number of rotatable bonds is 5. The zero-order valence-corrected chi connectivity index (χ0v) is 17.7. The zero-order valence-electron chi connectivity index (χ0n) is 15.4. The lowest BCUT2D eigenvalue weighted by atomic mass is 9.97. The molecule has 1 atom stereocenters. The first kappa shape index (κ1) is 21.0. The highest BCUT2D eigenvalue weighted by Crippen LogP contribution is 2.19. The SMILES string of the molecule is CCCN1CCC(CN=C(NCC)N2CCCC(C)C2)CC1.I. The van der Waals surface area contributed by atoms with Gasteiger partial charge in [0.25, 0.3) is 0 Å². The Morgan fingerprint density at radius 1 is 1.13 bits per heavy atom. The summed E-state index contributed by atoms with van der Waals surface area (Å²) in [5, 5.41) is 3.51. The van der Waals surface area contributed by atoms with E-state index in [2.05, 4.69) is 35.9 Å². The summed E-state index contributed by atoms with van der Waals surface area (Å²) in [6.45, 7) is 14.9. The smallest absolute Gasteiger partial charge is 0.193 e. The molecule has 2 aliphatic rings. The fraction of sp³-hybridized carbons (Fsp3) is 0.944. The Bertz CT molecular complexity index is 340. The van der Waals surface area contributed by atoms with Gasteiger partial charge < -0.3 is 15.1 Å². The minimum atomic E-state index is 0. The van der Waals surface area contributed by atoms with Gasteiger partial charge in [0.1, 0.15) is 0 Å². The van der Waals surface area contributed by atoms with E-state index in [1.54, 1.807) is 0 Å². The van der Waals surface area contributed by atoms with Crippen LogP contribution in [-0.2, 0) is 0 Å². The molecule has 1 unspecified atom stereocenters. The van der Waals surface area contributed by atoms with Crippen molar-refractivity contribution >= 4 is 29.9 Å². The molecular formula is C18H37IN4. The van der Waals surface area contributed by atoms with Gasteiger partial charge in [0, 0.05) is 26.2 Å². The lowest BCUT2D eigenvalue weighted by Crippen LogP contribution is -2.46. The van der Waals surface area contributed by atoms with Crippen LogP contribution in [0.25, 0.3) is 0 Å². The third-order valence-electron chi connectivity index (χ3n) is 5.04. The quantitative estimate of drug-likeness (QED) is 0.407. The normalized spacial score (nSPS) is 24.4. The van der Waals surface area contributed by atoms with Crippen LogP contribution in [0.5, 0.6) is 0 Å².